The molecule has 4 N–H and O–H groups in total. The maximum atomic E-state index is 12.3. The van der Waals surface area contributed by atoms with Gasteiger partial charge in [-0.2, -0.15) is 0 Å². The molecule has 4 atom stereocenters. The Balaban J connectivity index is 0.00000243. The summed E-state index contributed by atoms with van der Waals surface area (Å²) in [5.74, 6) is -2.25. The molecule has 0 radical (unpaired) electrons. The van der Waals surface area contributed by atoms with E-state index < -0.39 is 46.0 Å². The number of nitrogens with zero attached hydrogens (tertiary/aromatic N) is 1. The Hall–Kier alpha value is -1.26. The van der Waals surface area contributed by atoms with E-state index in [2.05, 4.69) is 5.32 Å². The summed E-state index contributed by atoms with van der Waals surface area (Å²) in [4.78, 5) is 37.3. The summed E-state index contributed by atoms with van der Waals surface area (Å²) in [6, 6.07) is 3.02. The maximum absolute atomic E-state index is 12.3. The van der Waals surface area contributed by atoms with Gasteiger partial charge in [-0.25, -0.2) is 0 Å². The number of rotatable bonds is 4. The second-order valence-electron chi connectivity index (χ2n) is 6.63. The zero-order chi connectivity index (χ0) is 18.5. The average molecular weight is 387 g/mol. The van der Waals surface area contributed by atoms with Gasteiger partial charge in [0, 0.05) is 4.75 Å². The molecule has 134 valence electrons. The molecule has 3 rings (SSSR count). The van der Waals surface area contributed by atoms with E-state index in [1.807, 2.05) is 0 Å². The van der Waals surface area contributed by atoms with Crippen LogP contribution in [0, 0.1) is 0 Å². The van der Waals surface area contributed by atoms with Crippen LogP contribution < -0.4 is 45.7 Å². The summed E-state index contributed by atoms with van der Waals surface area (Å²) < 4.78 is -0.711. The summed E-state index contributed by atoms with van der Waals surface area (Å²) in [7, 11) is 0. The molecule has 2 amide bonds. The van der Waals surface area contributed by atoms with E-state index in [9.17, 15) is 24.6 Å². The molecule has 26 heavy (non-hydrogen) atoms. The van der Waals surface area contributed by atoms with E-state index in [1.54, 1.807) is 13.8 Å². The van der Waals surface area contributed by atoms with Crippen molar-refractivity contribution in [3.05, 3.63) is 29.8 Å². The van der Waals surface area contributed by atoms with Gasteiger partial charge in [-0.05, 0) is 31.5 Å². The van der Waals surface area contributed by atoms with Gasteiger partial charge in [0.15, 0.2) is 0 Å². The number of benzene rings is 1. The van der Waals surface area contributed by atoms with E-state index in [1.165, 1.54) is 40.9 Å². The van der Waals surface area contributed by atoms with Gasteiger partial charge in [0.1, 0.15) is 23.2 Å². The van der Waals surface area contributed by atoms with Crippen LogP contribution in [0.2, 0.25) is 0 Å². The standard InChI is InChI=1S/C16H19N3O5S.Na/c1-16(2)11(15(23)24)19-13(22)10(14(19)25-16)18-12(21)9(17)7-3-5-8(20)6-4-7;/h3-6,9-11,14,20H,17H2,1-2H3,(H,18,21)(H,23,24);/q;+1/p-1/t9-,10-,11+,14-;/m0./s1. The molecular formula is C16H18N3NaO5S. The van der Waals surface area contributed by atoms with E-state index in [0.717, 1.165) is 0 Å². The molecule has 0 aromatic heterocycles. The van der Waals surface area contributed by atoms with Crippen molar-refractivity contribution in [1.82, 2.24) is 10.2 Å². The smallest absolute Gasteiger partial charge is 0.548 e. The molecule has 0 aliphatic carbocycles. The van der Waals surface area contributed by atoms with Crippen molar-refractivity contribution in [1.29, 1.82) is 0 Å². The summed E-state index contributed by atoms with van der Waals surface area (Å²) in [6.45, 7) is 3.45. The Labute approximate surface area is 176 Å². The minimum Gasteiger partial charge on any atom is -0.548 e. The number of carbonyl (C=O) groups is 3. The largest absolute Gasteiger partial charge is 1.00 e. The number of nitrogens with one attached hydrogen (secondary N) is 1. The Kier molecular flexibility index (Phi) is 5.99. The number of thioether (sulfide) groups is 1. The minimum absolute atomic E-state index is 0. The average Bonchev–Trinajstić information content (AvgIpc) is 2.80. The summed E-state index contributed by atoms with van der Waals surface area (Å²) in [6.07, 6.45) is 0. The SMILES string of the molecule is CC1(C)S[C@H]2[C@@H](NC(=O)[C@@H](N)c3ccc(O)cc3)C(=O)N2[C@@H]1C(=O)[O-].[Na+]. The molecule has 1 aromatic carbocycles. The zero-order valence-electron chi connectivity index (χ0n) is 14.6. The van der Waals surface area contributed by atoms with Crippen molar-refractivity contribution >= 4 is 29.5 Å². The van der Waals surface area contributed by atoms with Gasteiger partial charge < -0.3 is 31.0 Å². The fraction of sp³-hybridized carbons (Fsp3) is 0.438. The van der Waals surface area contributed by atoms with E-state index in [4.69, 9.17) is 5.73 Å². The minimum atomic E-state index is -1.31. The van der Waals surface area contributed by atoms with Crippen LogP contribution in [0.1, 0.15) is 25.5 Å². The van der Waals surface area contributed by atoms with Crippen molar-refractivity contribution in [3.63, 3.8) is 0 Å². The number of amides is 2. The van der Waals surface area contributed by atoms with E-state index in [0.29, 0.717) is 5.56 Å². The quantitative estimate of drug-likeness (QED) is 0.351. The van der Waals surface area contributed by atoms with Gasteiger partial charge in [-0.1, -0.05) is 12.1 Å². The second-order valence-corrected chi connectivity index (χ2v) is 8.41. The second kappa shape index (κ2) is 7.40. The van der Waals surface area contributed by atoms with E-state index in [-0.39, 0.29) is 35.3 Å². The molecule has 1 aromatic rings. The van der Waals surface area contributed by atoms with Gasteiger partial charge in [-0.15, -0.1) is 11.8 Å². The van der Waals surface area contributed by atoms with Crippen molar-refractivity contribution in [2.75, 3.05) is 0 Å². The molecule has 0 unspecified atom stereocenters. The van der Waals surface area contributed by atoms with Crippen molar-refractivity contribution < 1.29 is 54.2 Å². The topological polar surface area (TPSA) is 136 Å². The van der Waals surface area contributed by atoms with Crippen LogP contribution in [0.5, 0.6) is 5.75 Å². The Morgan fingerprint density at radius 3 is 2.46 bits per heavy atom. The molecule has 10 heteroatoms. The number of carboxylic acids is 1. The first kappa shape index (κ1) is 21.0. The van der Waals surface area contributed by atoms with Crippen LogP contribution in [0.15, 0.2) is 24.3 Å². The third-order valence-electron chi connectivity index (χ3n) is 4.50. The van der Waals surface area contributed by atoms with Crippen LogP contribution in [0.3, 0.4) is 0 Å². The number of fused-ring (bicyclic) bond motifs is 1. The zero-order valence-corrected chi connectivity index (χ0v) is 17.4. The number of hydrogen-bond donors (Lipinski definition) is 3. The maximum Gasteiger partial charge on any atom is 1.00 e. The summed E-state index contributed by atoms with van der Waals surface area (Å²) in [5.41, 5.74) is 6.39. The van der Waals surface area contributed by atoms with Gasteiger partial charge in [0.2, 0.25) is 11.8 Å². The van der Waals surface area contributed by atoms with Crippen LogP contribution >= 0.6 is 11.8 Å². The monoisotopic (exact) mass is 387 g/mol. The number of carbonyl (C=O) groups excluding carboxylic acids is 3. The molecule has 2 fully saturated rings. The number of hydrogen-bond acceptors (Lipinski definition) is 7. The fourth-order valence-corrected chi connectivity index (χ4v) is 4.82. The number of aromatic hydroxyl groups is 1. The first-order valence-electron chi connectivity index (χ1n) is 7.69. The third-order valence-corrected chi connectivity index (χ3v) is 6.07. The van der Waals surface area contributed by atoms with Gasteiger partial charge in [-0.3, -0.25) is 9.59 Å². The molecular weight excluding hydrogens is 369 g/mol. The van der Waals surface area contributed by atoms with Gasteiger partial charge in [0.05, 0.1) is 12.0 Å². The fourth-order valence-electron chi connectivity index (χ4n) is 3.20. The van der Waals surface area contributed by atoms with Crippen LogP contribution in [0.25, 0.3) is 0 Å². The Bertz CT molecular complexity index is 742. The number of phenolic OH excluding ortho intramolecular Hbond substituents is 1. The van der Waals surface area contributed by atoms with Crippen LogP contribution in [0.4, 0.5) is 0 Å². The molecule has 8 nitrogen and oxygen atoms in total. The molecule has 2 heterocycles. The van der Waals surface area contributed by atoms with Gasteiger partial charge >= 0.3 is 29.6 Å². The molecule has 0 spiro atoms. The third kappa shape index (κ3) is 3.46. The van der Waals surface area contributed by atoms with E-state index >= 15 is 0 Å². The molecule has 0 bridgehead atoms. The number of aliphatic carboxylic acids is 1. The number of carboxylic acid groups (broad SMARTS) is 1. The predicted molar refractivity (Wildman–Crippen MR) is 88.1 cm³/mol. The predicted octanol–water partition coefficient (Wildman–Crippen LogP) is -4.31. The Morgan fingerprint density at radius 2 is 1.92 bits per heavy atom. The summed E-state index contributed by atoms with van der Waals surface area (Å²) >= 11 is 1.31. The molecule has 2 saturated heterocycles. The molecule has 0 saturated carbocycles. The normalized spacial score (nSPS) is 27.0. The number of nitrogens with two attached hydrogens (primary N) is 1. The number of β-lactam (4-membered cyclic amide) rings is 1. The Morgan fingerprint density at radius 1 is 1.35 bits per heavy atom. The van der Waals surface area contributed by atoms with Crippen molar-refractivity contribution in [3.8, 4) is 5.75 Å². The first-order chi connectivity index (χ1) is 11.6. The summed E-state index contributed by atoms with van der Waals surface area (Å²) in [5, 5.41) is 22.8. The first-order valence-corrected chi connectivity index (χ1v) is 8.57. The molecule has 2 aliphatic heterocycles. The van der Waals surface area contributed by atoms with Gasteiger partial charge in [0.25, 0.3) is 0 Å². The van der Waals surface area contributed by atoms with Crippen molar-refractivity contribution in [2.24, 2.45) is 5.73 Å². The van der Waals surface area contributed by atoms with Crippen LogP contribution in [-0.2, 0) is 14.4 Å². The van der Waals surface area contributed by atoms with Crippen molar-refractivity contribution in [2.45, 2.75) is 42.1 Å². The van der Waals surface area contributed by atoms with Crippen LogP contribution in [-0.4, -0.2) is 50.0 Å². The number of phenols is 1. The molecule has 2 aliphatic rings.